The summed E-state index contributed by atoms with van der Waals surface area (Å²) < 4.78 is 32.5. The molecule has 1 aromatic carbocycles. The highest BCUT2D eigenvalue weighted by Gasteiger charge is 2.31. The van der Waals surface area contributed by atoms with Crippen molar-refractivity contribution in [2.75, 3.05) is 26.7 Å². The van der Waals surface area contributed by atoms with E-state index in [1.165, 1.54) is 4.31 Å². The Hall–Kier alpha value is -0.340. The third-order valence-electron chi connectivity index (χ3n) is 3.17. The predicted molar refractivity (Wildman–Crippen MR) is 84.2 cm³/mol. The lowest BCUT2D eigenvalue weighted by molar-refractivity contribution is 0.284. The molecular formula is C12H18BrClN2O3S. The number of piperazine rings is 1. The number of rotatable bonds is 3. The van der Waals surface area contributed by atoms with E-state index in [9.17, 15) is 8.42 Å². The number of nitrogens with zero attached hydrogens (tertiary/aromatic N) is 1. The average molecular weight is 386 g/mol. The van der Waals surface area contributed by atoms with E-state index >= 15 is 0 Å². The SMILES string of the molecule is COc1ccc(S(=O)(=O)N2CCNC[C@@H]2C)cc1Br.Cl. The molecule has 1 aliphatic heterocycles. The summed E-state index contributed by atoms with van der Waals surface area (Å²) in [5.74, 6) is 0.618. The number of nitrogens with one attached hydrogen (secondary N) is 1. The normalized spacial score (nSPS) is 20.2. The summed E-state index contributed by atoms with van der Waals surface area (Å²) >= 11 is 3.32. The van der Waals surface area contributed by atoms with Crippen LogP contribution < -0.4 is 10.1 Å². The van der Waals surface area contributed by atoms with Gasteiger partial charge >= 0.3 is 0 Å². The summed E-state index contributed by atoms with van der Waals surface area (Å²) in [5.41, 5.74) is 0. The molecule has 8 heteroatoms. The molecule has 2 rings (SSSR count). The Morgan fingerprint density at radius 1 is 1.45 bits per heavy atom. The van der Waals surface area contributed by atoms with Crippen LogP contribution in [0, 0.1) is 0 Å². The molecule has 114 valence electrons. The molecule has 0 saturated carbocycles. The second-order valence-corrected chi connectivity index (χ2v) is 7.21. The van der Waals surface area contributed by atoms with Gasteiger partial charge in [-0.1, -0.05) is 0 Å². The number of hydrogen-bond donors (Lipinski definition) is 1. The Balaban J connectivity index is 0.00000200. The Morgan fingerprint density at radius 2 is 2.15 bits per heavy atom. The quantitative estimate of drug-likeness (QED) is 0.863. The van der Waals surface area contributed by atoms with Crippen LogP contribution in [-0.2, 0) is 10.0 Å². The fourth-order valence-corrected chi connectivity index (χ4v) is 4.47. The number of ether oxygens (including phenoxy) is 1. The van der Waals surface area contributed by atoms with E-state index in [2.05, 4.69) is 21.2 Å². The molecule has 1 saturated heterocycles. The molecule has 0 radical (unpaired) electrons. The Labute approximate surface area is 134 Å². The highest BCUT2D eigenvalue weighted by atomic mass is 79.9. The monoisotopic (exact) mass is 384 g/mol. The summed E-state index contributed by atoms with van der Waals surface area (Å²) in [7, 11) is -1.90. The first kappa shape index (κ1) is 17.7. The molecule has 0 bridgehead atoms. The molecule has 0 aliphatic carbocycles. The van der Waals surface area contributed by atoms with Crippen molar-refractivity contribution < 1.29 is 13.2 Å². The van der Waals surface area contributed by atoms with Gasteiger partial charge in [0.2, 0.25) is 10.0 Å². The Morgan fingerprint density at radius 3 is 2.70 bits per heavy atom. The molecule has 1 aliphatic rings. The van der Waals surface area contributed by atoms with Gasteiger partial charge in [-0.25, -0.2) is 8.42 Å². The molecule has 0 unspecified atom stereocenters. The fourth-order valence-electron chi connectivity index (χ4n) is 2.12. The summed E-state index contributed by atoms with van der Waals surface area (Å²) in [6, 6.07) is 4.78. The minimum Gasteiger partial charge on any atom is -0.496 e. The van der Waals surface area contributed by atoms with Gasteiger partial charge in [-0.3, -0.25) is 0 Å². The van der Waals surface area contributed by atoms with Gasteiger partial charge in [-0.2, -0.15) is 4.31 Å². The molecule has 0 spiro atoms. The minimum atomic E-state index is -3.45. The van der Waals surface area contributed by atoms with Crippen molar-refractivity contribution in [1.82, 2.24) is 9.62 Å². The lowest BCUT2D eigenvalue weighted by atomic mass is 10.3. The van der Waals surface area contributed by atoms with Crippen LogP contribution in [-0.4, -0.2) is 45.5 Å². The topological polar surface area (TPSA) is 58.6 Å². The van der Waals surface area contributed by atoms with Gasteiger partial charge in [0.1, 0.15) is 5.75 Å². The van der Waals surface area contributed by atoms with E-state index in [0.717, 1.165) is 0 Å². The van der Waals surface area contributed by atoms with Crippen molar-refractivity contribution >= 4 is 38.4 Å². The summed E-state index contributed by atoms with van der Waals surface area (Å²) in [5, 5.41) is 3.18. The van der Waals surface area contributed by atoms with Crippen molar-refractivity contribution in [3.63, 3.8) is 0 Å². The number of methoxy groups -OCH3 is 1. The predicted octanol–water partition coefficient (Wildman–Crippen LogP) is 1.86. The molecular weight excluding hydrogens is 368 g/mol. The zero-order valence-corrected chi connectivity index (χ0v) is 14.5. The highest BCUT2D eigenvalue weighted by molar-refractivity contribution is 9.10. The number of benzene rings is 1. The van der Waals surface area contributed by atoms with Gasteiger partial charge in [0, 0.05) is 25.7 Å². The van der Waals surface area contributed by atoms with Crippen LogP contribution in [0.1, 0.15) is 6.92 Å². The molecule has 1 aromatic rings. The minimum absolute atomic E-state index is 0. The van der Waals surface area contributed by atoms with Crippen LogP contribution in [0.3, 0.4) is 0 Å². The summed E-state index contributed by atoms with van der Waals surface area (Å²) in [6.45, 7) is 3.76. The average Bonchev–Trinajstić information content (AvgIpc) is 2.39. The number of sulfonamides is 1. The third kappa shape index (κ3) is 3.46. The molecule has 5 nitrogen and oxygen atoms in total. The van der Waals surface area contributed by atoms with Crippen LogP contribution in [0.5, 0.6) is 5.75 Å². The highest BCUT2D eigenvalue weighted by Crippen LogP contribution is 2.29. The van der Waals surface area contributed by atoms with Gasteiger partial charge in [-0.15, -0.1) is 12.4 Å². The van der Waals surface area contributed by atoms with Crippen molar-refractivity contribution in [3.8, 4) is 5.75 Å². The van der Waals surface area contributed by atoms with Gasteiger partial charge < -0.3 is 10.1 Å². The Bertz CT molecular complexity index is 568. The standard InChI is InChI=1S/C12H17BrN2O3S.ClH/c1-9-8-14-5-6-15(9)19(16,17)10-3-4-12(18-2)11(13)7-10;/h3-4,7,9,14H,5-6,8H2,1-2H3;1H/t9-;/m0./s1. The van der Waals surface area contributed by atoms with Crippen LogP contribution in [0.4, 0.5) is 0 Å². The van der Waals surface area contributed by atoms with Crippen molar-refractivity contribution in [3.05, 3.63) is 22.7 Å². The fraction of sp³-hybridized carbons (Fsp3) is 0.500. The maximum Gasteiger partial charge on any atom is 0.243 e. The third-order valence-corrected chi connectivity index (χ3v) is 5.80. The van der Waals surface area contributed by atoms with Crippen LogP contribution >= 0.6 is 28.3 Å². The molecule has 1 N–H and O–H groups in total. The van der Waals surface area contributed by atoms with E-state index in [1.807, 2.05) is 6.92 Å². The second kappa shape index (κ2) is 7.09. The maximum atomic E-state index is 12.6. The van der Waals surface area contributed by atoms with Gasteiger partial charge in [0.15, 0.2) is 0 Å². The van der Waals surface area contributed by atoms with E-state index < -0.39 is 10.0 Å². The van der Waals surface area contributed by atoms with Crippen LogP contribution in [0.15, 0.2) is 27.6 Å². The second-order valence-electron chi connectivity index (χ2n) is 4.47. The lowest BCUT2D eigenvalue weighted by Gasteiger charge is -2.32. The van der Waals surface area contributed by atoms with Crippen molar-refractivity contribution in [1.29, 1.82) is 0 Å². The zero-order valence-electron chi connectivity index (χ0n) is 11.3. The van der Waals surface area contributed by atoms with Crippen LogP contribution in [0.2, 0.25) is 0 Å². The molecule has 1 fully saturated rings. The summed E-state index contributed by atoms with van der Waals surface area (Å²) in [4.78, 5) is 0.286. The van der Waals surface area contributed by atoms with E-state index in [-0.39, 0.29) is 23.3 Å². The van der Waals surface area contributed by atoms with Crippen LogP contribution in [0.25, 0.3) is 0 Å². The number of hydrogen-bond acceptors (Lipinski definition) is 4. The largest absolute Gasteiger partial charge is 0.496 e. The molecule has 0 aromatic heterocycles. The molecule has 1 heterocycles. The molecule has 0 amide bonds. The van der Waals surface area contributed by atoms with E-state index in [1.54, 1.807) is 25.3 Å². The first-order chi connectivity index (χ1) is 8.96. The van der Waals surface area contributed by atoms with Gasteiger partial charge in [0.25, 0.3) is 0 Å². The van der Waals surface area contributed by atoms with E-state index in [4.69, 9.17) is 4.74 Å². The zero-order chi connectivity index (χ0) is 14.0. The molecule has 20 heavy (non-hydrogen) atoms. The van der Waals surface area contributed by atoms with Crippen molar-refractivity contribution in [2.24, 2.45) is 0 Å². The molecule has 1 atom stereocenters. The first-order valence-electron chi connectivity index (χ1n) is 6.03. The maximum absolute atomic E-state index is 12.6. The Kier molecular flexibility index (Phi) is 6.27. The lowest BCUT2D eigenvalue weighted by Crippen LogP contribution is -2.52. The first-order valence-corrected chi connectivity index (χ1v) is 8.26. The van der Waals surface area contributed by atoms with Gasteiger partial charge in [0.05, 0.1) is 16.5 Å². The van der Waals surface area contributed by atoms with Gasteiger partial charge in [-0.05, 0) is 41.1 Å². The van der Waals surface area contributed by atoms with Crippen molar-refractivity contribution in [2.45, 2.75) is 17.9 Å². The number of halogens is 2. The smallest absolute Gasteiger partial charge is 0.243 e. The van der Waals surface area contributed by atoms with E-state index in [0.29, 0.717) is 29.9 Å². The summed E-state index contributed by atoms with van der Waals surface area (Å²) in [6.07, 6.45) is 0.